The molecule has 228 valence electrons. The topological polar surface area (TPSA) is 188 Å². The summed E-state index contributed by atoms with van der Waals surface area (Å²) in [5.41, 5.74) is 0.395. The molecule has 0 aliphatic heterocycles. The van der Waals surface area contributed by atoms with Gasteiger partial charge in [-0.1, -0.05) is 17.7 Å². The predicted molar refractivity (Wildman–Crippen MR) is 147 cm³/mol. The number of nitro groups is 2. The molecule has 2 aromatic carbocycles. The number of rotatable bonds is 23. The zero-order chi connectivity index (χ0) is 29.9. The van der Waals surface area contributed by atoms with Crippen LogP contribution in [-0.4, -0.2) is 97.5 Å². The Balaban J connectivity index is 1.36. The van der Waals surface area contributed by atoms with Gasteiger partial charge in [-0.3, -0.25) is 24.4 Å². The highest BCUT2D eigenvalue weighted by Crippen LogP contribution is 2.28. The summed E-state index contributed by atoms with van der Waals surface area (Å²) >= 11 is 0. The molecule has 0 heterocycles. The smallest absolute Gasteiger partial charge is 0.299 e. The monoisotopic (exact) mass is 601 g/mol. The number of nitro benzene ring substituents is 2. The summed E-state index contributed by atoms with van der Waals surface area (Å²) in [4.78, 5) is 20.6. The van der Waals surface area contributed by atoms with Gasteiger partial charge in [-0.25, -0.2) is 0 Å². The van der Waals surface area contributed by atoms with E-state index in [-0.39, 0.29) is 54.9 Å². The van der Waals surface area contributed by atoms with Gasteiger partial charge < -0.3 is 29.0 Å². The Hall–Kier alpha value is -3.25. The van der Waals surface area contributed by atoms with E-state index in [1.54, 1.807) is 12.1 Å². The number of hydrogen-bond acceptors (Lipinski definition) is 13. The first-order valence-corrected chi connectivity index (χ1v) is 14.1. The van der Waals surface area contributed by atoms with Crippen LogP contribution >= 0.6 is 0 Å². The van der Waals surface area contributed by atoms with E-state index in [0.29, 0.717) is 46.2 Å². The van der Waals surface area contributed by atoms with Gasteiger partial charge in [0.15, 0.2) is 0 Å². The molecule has 0 fully saturated rings. The quantitative estimate of drug-likeness (QED) is 0.0848. The Kier molecular flexibility index (Phi) is 15.7. The molecule has 0 saturated carbocycles. The molecule has 0 radical (unpaired) electrons. The van der Waals surface area contributed by atoms with Crippen LogP contribution in [0.4, 0.5) is 17.1 Å². The number of nitrogens with zero attached hydrogens (tertiary/aromatic N) is 2. The molecule has 0 aliphatic rings. The number of hydrogen-bond donors (Lipinski definition) is 1. The second-order valence-corrected chi connectivity index (χ2v) is 9.91. The van der Waals surface area contributed by atoms with Crippen LogP contribution in [0.3, 0.4) is 0 Å². The fourth-order valence-corrected chi connectivity index (χ4v) is 4.04. The molecule has 0 saturated heterocycles. The van der Waals surface area contributed by atoms with Crippen LogP contribution in [0.2, 0.25) is 0 Å². The number of nitrogens with one attached hydrogen (secondary N) is 1. The lowest BCUT2D eigenvalue weighted by molar-refractivity contribution is -0.393. The van der Waals surface area contributed by atoms with E-state index in [9.17, 15) is 28.6 Å². The van der Waals surface area contributed by atoms with E-state index in [2.05, 4.69) is 5.32 Å². The summed E-state index contributed by atoms with van der Waals surface area (Å²) < 4.78 is 55.9. The van der Waals surface area contributed by atoms with Gasteiger partial charge in [-0.05, 0) is 25.1 Å². The van der Waals surface area contributed by atoms with Gasteiger partial charge >= 0.3 is 0 Å². The molecule has 15 nitrogen and oxygen atoms in total. The van der Waals surface area contributed by atoms with Crippen molar-refractivity contribution in [1.82, 2.24) is 0 Å². The molecule has 2 aromatic rings. The standard InChI is InChI=1S/C25H35N3O12S/c1-21-2-5-23(6-3-21)41(33,34)40-19-18-39-17-16-38-15-14-37-13-12-36-11-10-35-9-8-26-24-7-4-22(27(29)30)20-25(24)28(31)32/h2-7,20,26H,8-19H2,1H3. The van der Waals surface area contributed by atoms with Crippen molar-refractivity contribution in [2.75, 3.05) is 84.5 Å². The van der Waals surface area contributed by atoms with Crippen LogP contribution in [0, 0.1) is 27.2 Å². The first-order chi connectivity index (χ1) is 19.7. The molecule has 16 heteroatoms. The van der Waals surface area contributed by atoms with Crippen LogP contribution in [0.15, 0.2) is 47.4 Å². The van der Waals surface area contributed by atoms with Crippen LogP contribution in [0.5, 0.6) is 0 Å². The summed E-state index contributed by atoms with van der Waals surface area (Å²) in [7, 11) is -3.80. The molecule has 0 spiro atoms. The third-order valence-corrected chi connectivity index (χ3v) is 6.54. The highest BCUT2D eigenvalue weighted by atomic mass is 32.2. The molecular formula is C25H35N3O12S. The van der Waals surface area contributed by atoms with Crippen molar-refractivity contribution in [1.29, 1.82) is 0 Å². The zero-order valence-electron chi connectivity index (χ0n) is 22.7. The fraction of sp³-hybridized carbons (Fsp3) is 0.520. The second kappa shape index (κ2) is 19.0. The van der Waals surface area contributed by atoms with Gasteiger partial charge in [-0.15, -0.1) is 0 Å². The highest BCUT2D eigenvalue weighted by molar-refractivity contribution is 7.86. The number of ether oxygens (including phenoxy) is 5. The lowest BCUT2D eigenvalue weighted by Gasteiger charge is -2.09. The third-order valence-electron chi connectivity index (χ3n) is 5.21. The maximum atomic E-state index is 12.0. The number of anilines is 1. The molecular weight excluding hydrogens is 566 g/mol. The number of non-ortho nitro benzene ring substituents is 1. The molecule has 2 rings (SSSR count). The van der Waals surface area contributed by atoms with Gasteiger partial charge in [-0.2, -0.15) is 8.42 Å². The second-order valence-electron chi connectivity index (χ2n) is 8.29. The largest absolute Gasteiger partial charge is 0.377 e. The number of aryl methyl sites for hydroxylation is 1. The van der Waals surface area contributed by atoms with Crippen molar-refractivity contribution in [3.63, 3.8) is 0 Å². The van der Waals surface area contributed by atoms with Gasteiger partial charge in [0.25, 0.3) is 21.5 Å². The molecule has 0 bridgehead atoms. The van der Waals surface area contributed by atoms with Crippen LogP contribution in [0.1, 0.15) is 5.56 Å². The van der Waals surface area contributed by atoms with Crippen molar-refractivity contribution in [2.45, 2.75) is 11.8 Å². The van der Waals surface area contributed by atoms with Crippen molar-refractivity contribution < 1.29 is 46.1 Å². The lowest BCUT2D eigenvalue weighted by Crippen LogP contribution is -2.16. The van der Waals surface area contributed by atoms with Gasteiger partial charge in [0.2, 0.25) is 0 Å². The molecule has 0 aromatic heterocycles. The van der Waals surface area contributed by atoms with Gasteiger partial charge in [0, 0.05) is 12.6 Å². The molecule has 0 amide bonds. The minimum absolute atomic E-state index is 0.0891. The fourth-order valence-electron chi connectivity index (χ4n) is 3.15. The van der Waals surface area contributed by atoms with Crippen LogP contribution < -0.4 is 5.32 Å². The van der Waals surface area contributed by atoms with E-state index in [1.807, 2.05) is 6.92 Å². The first-order valence-electron chi connectivity index (χ1n) is 12.7. The Morgan fingerprint density at radius 1 is 0.683 bits per heavy atom. The van der Waals surface area contributed by atoms with Crippen molar-refractivity contribution in [3.8, 4) is 0 Å². The maximum Gasteiger partial charge on any atom is 0.299 e. The SMILES string of the molecule is Cc1ccc(S(=O)(=O)OCCOCCOCCOCCOCCOCCNc2ccc([N+](=O)[O-])cc2[N+](=O)[O-])cc1. The van der Waals surface area contributed by atoms with Crippen molar-refractivity contribution in [2.24, 2.45) is 0 Å². The summed E-state index contributed by atoms with van der Waals surface area (Å²) in [6.45, 7) is 5.18. The third kappa shape index (κ3) is 13.8. The van der Waals surface area contributed by atoms with Crippen molar-refractivity contribution in [3.05, 3.63) is 68.3 Å². The van der Waals surface area contributed by atoms with E-state index in [0.717, 1.165) is 11.6 Å². The van der Waals surface area contributed by atoms with E-state index >= 15 is 0 Å². The molecule has 0 unspecified atom stereocenters. The van der Waals surface area contributed by atoms with Gasteiger partial charge in [0.05, 0.1) is 93.5 Å². The minimum Gasteiger partial charge on any atom is -0.377 e. The predicted octanol–water partition coefficient (Wildman–Crippen LogP) is 2.71. The summed E-state index contributed by atoms with van der Waals surface area (Å²) in [6.07, 6.45) is 0. The Morgan fingerprint density at radius 3 is 1.66 bits per heavy atom. The number of benzene rings is 2. The Bertz CT molecular complexity index is 1180. The van der Waals surface area contributed by atoms with E-state index < -0.39 is 20.0 Å². The molecule has 0 aliphatic carbocycles. The van der Waals surface area contributed by atoms with Crippen LogP contribution in [-0.2, 0) is 38.0 Å². The lowest BCUT2D eigenvalue weighted by atomic mass is 10.2. The molecule has 1 N–H and O–H groups in total. The normalized spacial score (nSPS) is 11.4. The summed E-state index contributed by atoms with van der Waals surface area (Å²) in [5, 5.41) is 24.7. The minimum atomic E-state index is -3.80. The summed E-state index contributed by atoms with van der Waals surface area (Å²) in [6, 6.07) is 9.79. The van der Waals surface area contributed by atoms with Crippen molar-refractivity contribution >= 4 is 27.2 Å². The average Bonchev–Trinajstić information content (AvgIpc) is 2.94. The Labute approximate surface area is 238 Å². The summed E-state index contributed by atoms with van der Waals surface area (Å²) in [5.74, 6) is 0. The average molecular weight is 602 g/mol. The zero-order valence-corrected chi connectivity index (χ0v) is 23.5. The first kappa shape index (κ1) is 34.0. The Morgan fingerprint density at radius 2 is 1.17 bits per heavy atom. The van der Waals surface area contributed by atoms with E-state index in [4.69, 9.17) is 27.9 Å². The van der Waals surface area contributed by atoms with Gasteiger partial charge in [0.1, 0.15) is 5.69 Å². The molecule has 41 heavy (non-hydrogen) atoms. The van der Waals surface area contributed by atoms with Crippen LogP contribution in [0.25, 0.3) is 0 Å². The highest BCUT2D eigenvalue weighted by Gasteiger charge is 2.19. The molecule has 0 atom stereocenters. The van der Waals surface area contributed by atoms with E-state index in [1.165, 1.54) is 24.3 Å². The maximum absolute atomic E-state index is 12.0.